The summed E-state index contributed by atoms with van der Waals surface area (Å²) in [5, 5.41) is 10.3. The van der Waals surface area contributed by atoms with Crippen LogP contribution in [0.2, 0.25) is 0 Å². The number of nitrogens with zero attached hydrogens (tertiary/aromatic N) is 3. The Balaban J connectivity index is 0.000000637. The molecule has 0 amide bonds. The van der Waals surface area contributed by atoms with Crippen molar-refractivity contribution in [3.05, 3.63) is 31.0 Å². The summed E-state index contributed by atoms with van der Waals surface area (Å²) in [6.07, 6.45) is 4.77. The van der Waals surface area contributed by atoms with Gasteiger partial charge < -0.3 is 16.2 Å². The van der Waals surface area contributed by atoms with Crippen molar-refractivity contribution in [3.8, 4) is 0 Å². The molecule has 2 aromatic heterocycles. The molecule has 6 heteroatoms. The molecule has 1 aliphatic rings. The lowest BCUT2D eigenvalue weighted by molar-refractivity contribution is 0.399. The highest BCUT2D eigenvalue weighted by Gasteiger charge is 2.35. The fourth-order valence-corrected chi connectivity index (χ4v) is 1.90. The number of aromatic nitrogens is 3. The van der Waals surface area contributed by atoms with Gasteiger partial charge in [-0.1, -0.05) is 6.08 Å². The topological polar surface area (TPSA) is 97.0 Å². The van der Waals surface area contributed by atoms with Gasteiger partial charge in [0.05, 0.1) is 5.52 Å². The number of rotatable bonds is 3. The maximum Gasteiger partial charge on any atom is 0.222 e. The lowest BCUT2D eigenvalue weighted by Gasteiger charge is -2.07. The van der Waals surface area contributed by atoms with Crippen molar-refractivity contribution >= 4 is 22.8 Å². The Hall–Kier alpha value is -2.21. The van der Waals surface area contributed by atoms with E-state index in [9.17, 15) is 0 Å². The van der Waals surface area contributed by atoms with E-state index in [1.807, 2.05) is 18.2 Å². The third-order valence-corrected chi connectivity index (χ3v) is 2.94. The van der Waals surface area contributed by atoms with Crippen LogP contribution in [0.1, 0.15) is 6.42 Å². The highest BCUT2D eigenvalue weighted by atomic mass is 16.2. The van der Waals surface area contributed by atoms with Crippen molar-refractivity contribution in [2.24, 2.45) is 5.92 Å². The molecular formula is C13H17N5O. The SMILES string of the molecule is C=C[C@@H]1C[C@H]1Nc1nc(N)nc2cccnc12.CO. The number of hydrogen-bond acceptors (Lipinski definition) is 6. The minimum Gasteiger partial charge on any atom is -0.400 e. The Kier molecular flexibility index (Phi) is 3.91. The van der Waals surface area contributed by atoms with E-state index < -0.39 is 0 Å². The molecule has 2 aromatic rings. The van der Waals surface area contributed by atoms with Crippen molar-refractivity contribution < 1.29 is 5.11 Å². The molecule has 2 heterocycles. The van der Waals surface area contributed by atoms with E-state index in [1.165, 1.54) is 0 Å². The summed E-state index contributed by atoms with van der Waals surface area (Å²) in [5.41, 5.74) is 7.20. The van der Waals surface area contributed by atoms with Gasteiger partial charge in [-0.25, -0.2) is 4.98 Å². The van der Waals surface area contributed by atoms with Gasteiger partial charge in [-0.05, 0) is 24.5 Å². The van der Waals surface area contributed by atoms with Gasteiger partial charge in [-0.3, -0.25) is 4.98 Å². The van der Waals surface area contributed by atoms with Crippen LogP contribution in [0, 0.1) is 5.92 Å². The second-order valence-corrected chi connectivity index (χ2v) is 4.19. The first kappa shape index (κ1) is 13.2. The van der Waals surface area contributed by atoms with Gasteiger partial charge in [0, 0.05) is 19.3 Å². The smallest absolute Gasteiger partial charge is 0.222 e. The van der Waals surface area contributed by atoms with Crippen molar-refractivity contribution in [1.29, 1.82) is 0 Å². The van der Waals surface area contributed by atoms with Crippen molar-refractivity contribution in [2.45, 2.75) is 12.5 Å². The predicted octanol–water partition coefficient (Wildman–Crippen LogP) is 1.20. The van der Waals surface area contributed by atoms with E-state index in [-0.39, 0.29) is 5.95 Å². The maximum atomic E-state index is 7.00. The van der Waals surface area contributed by atoms with Gasteiger partial charge in [0.1, 0.15) is 5.52 Å². The van der Waals surface area contributed by atoms with Gasteiger partial charge in [0.15, 0.2) is 5.82 Å². The quantitative estimate of drug-likeness (QED) is 0.717. The summed E-state index contributed by atoms with van der Waals surface area (Å²) < 4.78 is 0. The highest BCUT2D eigenvalue weighted by molar-refractivity contribution is 5.86. The zero-order chi connectivity index (χ0) is 13.8. The van der Waals surface area contributed by atoms with Crippen LogP contribution in [0.3, 0.4) is 0 Å². The molecule has 1 aliphatic carbocycles. The van der Waals surface area contributed by atoms with E-state index >= 15 is 0 Å². The van der Waals surface area contributed by atoms with E-state index in [0.717, 1.165) is 24.6 Å². The molecule has 100 valence electrons. The molecule has 3 rings (SSSR count). The number of aliphatic hydroxyl groups is 1. The van der Waals surface area contributed by atoms with Crippen LogP contribution in [0.5, 0.6) is 0 Å². The summed E-state index contributed by atoms with van der Waals surface area (Å²) in [6, 6.07) is 4.11. The number of fused-ring (bicyclic) bond motifs is 1. The summed E-state index contributed by atoms with van der Waals surface area (Å²) in [5.74, 6) is 1.50. The van der Waals surface area contributed by atoms with Crippen LogP contribution in [0.25, 0.3) is 11.0 Å². The zero-order valence-electron chi connectivity index (χ0n) is 10.7. The molecule has 6 nitrogen and oxygen atoms in total. The number of aliphatic hydroxyl groups excluding tert-OH is 1. The van der Waals surface area contributed by atoms with Crippen LogP contribution in [0.4, 0.5) is 11.8 Å². The highest BCUT2D eigenvalue weighted by Crippen LogP contribution is 2.35. The molecule has 0 aromatic carbocycles. The number of nitrogens with two attached hydrogens (primary N) is 1. The van der Waals surface area contributed by atoms with Gasteiger partial charge in [0.25, 0.3) is 0 Å². The normalized spacial score (nSPS) is 20.3. The molecule has 1 saturated carbocycles. The van der Waals surface area contributed by atoms with Gasteiger partial charge in [-0.2, -0.15) is 4.98 Å². The molecule has 19 heavy (non-hydrogen) atoms. The Morgan fingerprint density at radius 2 is 2.26 bits per heavy atom. The van der Waals surface area contributed by atoms with Crippen LogP contribution in [-0.2, 0) is 0 Å². The summed E-state index contributed by atoms with van der Waals surface area (Å²) >= 11 is 0. The fourth-order valence-electron chi connectivity index (χ4n) is 1.90. The molecule has 2 atom stereocenters. The Morgan fingerprint density at radius 3 is 2.95 bits per heavy atom. The summed E-state index contributed by atoms with van der Waals surface area (Å²) in [6.45, 7) is 3.78. The van der Waals surface area contributed by atoms with Crippen LogP contribution < -0.4 is 11.1 Å². The molecule has 0 spiro atoms. The molecule has 0 unspecified atom stereocenters. The average Bonchev–Trinajstić information content (AvgIpc) is 3.19. The Labute approximate surface area is 111 Å². The van der Waals surface area contributed by atoms with Crippen molar-refractivity contribution in [3.63, 3.8) is 0 Å². The molecule has 0 bridgehead atoms. The third kappa shape index (κ3) is 2.79. The number of nitrogens with one attached hydrogen (secondary N) is 1. The minimum atomic E-state index is 0.267. The van der Waals surface area contributed by atoms with Crippen molar-refractivity contribution in [2.75, 3.05) is 18.2 Å². The molecule has 4 N–H and O–H groups in total. The van der Waals surface area contributed by atoms with Gasteiger partial charge in [-0.15, -0.1) is 6.58 Å². The van der Waals surface area contributed by atoms with Gasteiger partial charge in [0.2, 0.25) is 5.95 Å². The first-order chi connectivity index (χ1) is 9.28. The second kappa shape index (κ2) is 5.62. The Bertz CT molecular complexity index is 586. The first-order valence-electron chi connectivity index (χ1n) is 6.00. The summed E-state index contributed by atoms with van der Waals surface area (Å²) in [7, 11) is 1.00. The molecular weight excluding hydrogens is 242 g/mol. The monoisotopic (exact) mass is 259 g/mol. The fraction of sp³-hybridized carbons (Fsp3) is 0.308. The lowest BCUT2D eigenvalue weighted by atomic mass is 10.3. The van der Waals surface area contributed by atoms with Gasteiger partial charge >= 0.3 is 0 Å². The predicted molar refractivity (Wildman–Crippen MR) is 75.6 cm³/mol. The maximum absolute atomic E-state index is 7.00. The van der Waals surface area contributed by atoms with Crippen LogP contribution >= 0.6 is 0 Å². The first-order valence-corrected chi connectivity index (χ1v) is 6.00. The summed E-state index contributed by atoms with van der Waals surface area (Å²) in [4.78, 5) is 12.6. The molecule has 1 fully saturated rings. The largest absolute Gasteiger partial charge is 0.400 e. The minimum absolute atomic E-state index is 0.267. The van der Waals surface area contributed by atoms with E-state index in [2.05, 4.69) is 26.8 Å². The average molecular weight is 259 g/mol. The van der Waals surface area contributed by atoms with Crippen LogP contribution in [0.15, 0.2) is 31.0 Å². The number of nitrogen functional groups attached to an aromatic ring is 1. The van der Waals surface area contributed by atoms with E-state index in [0.29, 0.717) is 17.8 Å². The van der Waals surface area contributed by atoms with E-state index in [4.69, 9.17) is 10.8 Å². The number of hydrogen-bond donors (Lipinski definition) is 3. The second-order valence-electron chi connectivity index (χ2n) is 4.19. The van der Waals surface area contributed by atoms with Crippen molar-refractivity contribution in [1.82, 2.24) is 15.0 Å². The number of pyridine rings is 1. The standard InChI is InChI=1S/C12H13N5.CH4O/c1-2-7-6-9(7)15-11-10-8(4-3-5-14-10)16-12(13)17-11;1-2/h2-5,7,9H,1,6H2,(H3,13,15,16,17);2H,1H3/t7-,9-;/m1./s1. The third-order valence-electron chi connectivity index (χ3n) is 2.94. The van der Waals surface area contributed by atoms with Crippen LogP contribution in [-0.4, -0.2) is 33.2 Å². The Morgan fingerprint density at radius 1 is 1.47 bits per heavy atom. The molecule has 0 radical (unpaired) electrons. The van der Waals surface area contributed by atoms with E-state index in [1.54, 1.807) is 6.20 Å². The lowest BCUT2D eigenvalue weighted by Crippen LogP contribution is -2.09. The zero-order valence-corrected chi connectivity index (χ0v) is 10.7. The molecule has 0 aliphatic heterocycles. The number of anilines is 2. The molecule has 0 saturated heterocycles.